The zero-order valence-electron chi connectivity index (χ0n) is 8.48. The number of aromatic nitrogens is 1. The summed E-state index contributed by atoms with van der Waals surface area (Å²) >= 11 is 1.59. The smallest absolute Gasteiger partial charge is 0.177 e. The highest BCUT2D eigenvalue weighted by Gasteiger charge is 2.34. The van der Waals surface area contributed by atoms with Crippen molar-refractivity contribution in [3.05, 3.63) is 16.1 Å². The van der Waals surface area contributed by atoms with Crippen LogP contribution in [0, 0.1) is 5.92 Å². The molecule has 4 heteroatoms. The molecule has 2 aliphatic rings. The van der Waals surface area contributed by atoms with Gasteiger partial charge in [0, 0.05) is 24.1 Å². The van der Waals surface area contributed by atoms with Gasteiger partial charge in [-0.2, -0.15) is 0 Å². The number of hydrogen-bond acceptors (Lipinski definition) is 4. The van der Waals surface area contributed by atoms with E-state index < -0.39 is 0 Å². The maximum absolute atomic E-state index is 11.9. The van der Waals surface area contributed by atoms with Crippen LogP contribution in [0.5, 0.6) is 0 Å². The SMILES string of the molecule is NC1CC(C(=O)c2cnc(C3CC3)s2)C1. The summed E-state index contributed by atoms with van der Waals surface area (Å²) in [6.45, 7) is 0. The van der Waals surface area contributed by atoms with Gasteiger partial charge in [-0.25, -0.2) is 4.98 Å². The number of hydrogen-bond donors (Lipinski definition) is 1. The topological polar surface area (TPSA) is 56.0 Å². The maximum Gasteiger partial charge on any atom is 0.177 e. The van der Waals surface area contributed by atoms with E-state index in [1.807, 2.05) is 0 Å². The fourth-order valence-corrected chi connectivity index (χ4v) is 3.10. The van der Waals surface area contributed by atoms with E-state index >= 15 is 0 Å². The second-order valence-electron chi connectivity index (χ2n) is 4.63. The van der Waals surface area contributed by atoms with Gasteiger partial charge in [-0.1, -0.05) is 0 Å². The van der Waals surface area contributed by atoms with E-state index in [0.29, 0.717) is 5.92 Å². The minimum absolute atomic E-state index is 0.174. The number of ketones is 1. The van der Waals surface area contributed by atoms with Crippen molar-refractivity contribution in [2.24, 2.45) is 11.7 Å². The molecule has 0 aliphatic heterocycles. The van der Waals surface area contributed by atoms with Gasteiger partial charge in [0.15, 0.2) is 5.78 Å². The van der Waals surface area contributed by atoms with Gasteiger partial charge in [0.1, 0.15) is 0 Å². The van der Waals surface area contributed by atoms with Crippen LogP contribution in [-0.2, 0) is 0 Å². The molecule has 2 fully saturated rings. The summed E-state index contributed by atoms with van der Waals surface area (Å²) in [7, 11) is 0. The Balaban J connectivity index is 1.71. The van der Waals surface area contributed by atoms with Gasteiger partial charge in [0.25, 0.3) is 0 Å². The minimum Gasteiger partial charge on any atom is -0.328 e. The number of Topliss-reactive ketones (excluding diaryl/α,β-unsaturated/α-hetero) is 1. The van der Waals surface area contributed by atoms with Gasteiger partial charge < -0.3 is 5.73 Å². The molecule has 2 N–H and O–H groups in total. The van der Waals surface area contributed by atoms with Crippen LogP contribution in [0.25, 0.3) is 0 Å². The van der Waals surface area contributed by atoms with Crippen molar-refractivity contribution in [1.29, 1.82) is 0 Å². The van der Waals surface area contributed by atoms with Gasteiger partial charge in [0.2, 0.25) is 0 Å². The zero-order valence-corrected chi connectivity index (χ0v) is 9.30. The molecule has 0 spiro atoms. The van der Waals surface area contributed by atoms with E-state index in [-0.39, 0.29) is 17.7 Å². The number of nitrogens with two attached hydrogens (primary N) is 1. The summed E-state index contributed by atoms with van der Waals surface area (Å²) in [4.78, 5) is 17.1. The lowest BCUT2D eigenvalue weighted by atomic mass is 9.78. The van der Waals surface area contributed by atoms with E-state index in [1.165, 1.54) is 12.8 Å². The molecule has 0 atom stereocenters. The van der Waals surface area contributed by atoms with E-state index in [1.54, 1.807) is 17.5 Å². The number of thiazole rings is 1. The Bertz CT molecular complexity index is 391. The standard InChI is InChI=1S/C11H14N2OS/c12-8-3-7(4-8)10(14)9-5-13-11(15-9)6-1-2-6/h5-8H,1-4,12H2. The lowest BCUT2D eigenvalue weighted by molar-refractivity contribution is 0.0837. The van der Waals surface area contributed by atoms with Gasteiger partial charge in [-0.15, -0.1) is 11.3 Å². The molecular formula is C11H14N2OS. The van der Waals surface area contributed by atoms with E-state index in [0.717, 1.165) is 22.7 Å². The first-order valence-corrected chi connectivity index (χ1v) is 6.31. The average molecular weight is 222 g/mol. The third kappa shape index (κ3) is 1.72. The fraction of sp³-hybridized carbons (Fsp3) is 0.636. The molecule has 15 heavy (non-hydrogen) atoms. The lowest BCUT2D eigenvalue weighted by Gasteiger charge is -2.30. The Morgan fingerprint density at radius 1 is 1.47 bits per heavy atom. The third-order valence-electron chi connectivity index (χ3n) is 3.24. The first kappa shape index (κ1) is 9.48. The zero-order chi connectivity index (χ0) is 10.4. The molecule has 0 unspecified atom stereocenters. The summed E-state index contributed by atoms with van der Waals surface area (Å²) in [6.07, 6.45) is 5.96. The summed E-state index contributed by atoms with van der Waals surface area (Å²) in [5, 5.41) is 1.15. The second-order valence-corrected chi connectivity index (χ2v) is 5.69. The molecule has 0 bridgehead atoms. The first-order chi connectivity index (χ1) is 7.24. The molecule has 0 aromatic carbocycles. The van der Waals surface area contributed by atoms with Gasteiger partial charge in [0.05, 0.1) is 9.88 Å². The van der Waals surface area contributed by atoms with Crippen molar-refractivity contribution >= 4 is 17.1 Å². The lowest BCUT2D eigenvalue weighted by Crippen LogP contribution is -2.40. The molecule has 0 amide bonds. The van der Waals surface area contributed by atoms with Gasteiger partial charge >= 0.3 is 0 Å². The quantitative estimate of drug-likeness (QED) is 0.795. The monoisotopic (exact) mass is 222 g/mol. The molecule has 0 radical (unpaired) electrons. The Morgan fingerprint density at radius 2 is 2.20 bits per heavy atom. The van der Waals surface area contributed by atoms with Crippen molar-refractivity contribution < 1.29 is 4.79 Å². The molecule has 2 saturated carbocycles. The van der Waals surface area contributed by atoms with Crippen molar-refractivity contribution in [1.82, 2.24) is 4.98 Å². The van der Waals surface area contributed by atoms with E-state index in [9.17, 15) is 4.79 Å². The van der Waals surface area contributed by atoms with Crippen LogP contribution in [-0.4, -0.2) is 16.8 Å². The second kappa shape index (κ2) is 3.39. The predicted octanol–water partition coefficient (Wildman–Crippen LogP) is 1.94. The fourth-order valence-electron chi connectivity index (χ4n) is 2.00. The van der Waals surface area contributed by atoms with Crippen LogP contribution in [0.3, 0.4) is 0 Å². The Morgan fingerprint density at radius 3 is 2.80 bits per heavy atom. The van der Waals surface area contributed by atoms with Gasteiger partial charge in [-0.3, -0.25) is 4.79 Å². The molecule has 0 saturated heterocycles. The largest absolute Gasteiger partial charge is 0.328 e. The summed E-state index contributed by atoms with van der Waals surface area (Å²) in [6, 6.07) is 0.245. The van der Waals surface area contributed by atoms with Gasteiger partial charge in [-0.05, 0) is 25.7 Å². The highest BCUT2D eigenvalue weighted by Crippen LogP contribution is 2.42. The minimum atomic E-state index is 0.174. The maximum atomic E-state index is 11.9. The Hall–Kier alpha value is -0.740. The first-order valence-electron chi connectivity index (χ1n) is 5.49. The molecule has 1 heterocycles. The van der Waals surface area contributed by atoms with Crippen LogP contribution in [0.15, 0.2) is 6.20 Å². The number of nitrogens with zero attached hydrogens (tertiary/aromatic N) is 1. The van der Waals surface area contributed by atoms with Crippen molar-refractivity contribution in [2.45, 2.75) is 37.6 Å². The van der Waals surface area contributed by atoms with Crippen molar-refractivity contribution in [2.75, 3.05) is 0 Å². The van der Waals surface area contributed by atoms with Crippen LogP contribution in [0.4, 0.5) is 0 Å². The van der Waals surface area contributed by atoms with Crippen molar-refractivity contribution in [3.63, 3.8) is 0 Å². The number of rotatable bonds is 3. The van der Waals surface area contributed by atoms with Crippen LogP contribution in [0.1, 0.15) is 46.3 Å². The number of carbonyl (C=O) groups is 1. The third-order valence-corrected chi connectivity index (χ3v) is 4.41. The molecular weight excluding hydrogens is 208 g/mol. The molecule has 2 aliphatic carbocycles. The molecule has 3 rings (SSSR count). The van der Waals surface area contributed by atoms with E-state index in [2.05, 4.69) is 4.98 Å². The summed E-state index contributed by atoms with van der Waals surface area (Å²) in [5.41, 5.74) is 5.68. The summed E-state index contributed by atoms with van der Waals surface area (Å²) < 4.78 is 0. The summed E-state index contributed by atoms with van der Waals surface area (Å²) in [5.74, 6) is 1.09. The van der Waals surface area contributed by atoms with Crippen LogP contribution in [0.2, 0.25) is 0 Å². The van der Waals surface area contributed by atoms with E-state index in [4.69, 9.17) is 5.73 Å². The predicted molar refractivity (Wildman–Crippen MR) is 59.1 cm³/mol. The molecule has 1 aromatic heterocycles. The molecule has 3 nitrogen and oxygen atoms in total. The highest BCUT2D eigenvalue weighted by molar-refractivity contribution is 7.13. The van der Waals surface area contributed by atoms with Crippen LogP contribution < -0.4 is 5.73 Å². The highest BCUT2D eigenvalue weighted by atomic mass is 32.1. The normalized spacial score (nSPS) is 29.9. The van der Waals surface area contributed by atoms with Crippen LogP contribution >= 0.6 is 11.3 Å². The number of carbonyl (C=O) groups excluding carboxylic acids is 1. The Labute approximate surface area is 92.7 Å². The van der Waals surface area contributed by atoms with Crippen molar-refractivity contribution in [3.8, 4) is 0 Å². The Kier molecular flexibility index (Phi) is 2.14. The average Bonchev–Trinajstić information content (AvgIpc) is 2.91. The molecule has 1 aromatic rings. The molecule has 80 valence electrons.